The van der Waals surface area contributed by atoms with E-state index in [4.69, 9.17) is 9.84 Å². The number of carboxylic acids is 1. The Balaban J connectivity index is 1.93. The van der Waals surface area contributed by atoms with Gasteiger partial charge in [-0.2, -0.15) is 0 Å². The molecule has 1 heterocycles. The van der Waals surface area contributed by atoms with Crippen molar-refractivity contribution < 1.29 is 19.4 Å². The fourth-order valence-electron chi connectivity index (χ4n) is 2.25. The first-order valence-electron chi connectivity index (χ1n) is 6.48. The number of likely N-dealkylation sites (tertiary alicyclic amines) is 1. The summed E-state index contributed by atoms with van der Waals surface area (Å²) in [7, 11) is 0. The molecule has 1 aliphatic rings. The van der Waals surface area contributed by atoms with E-state index in [9.17, 15) is 9.59 Å². The highest BCUT2D eigenvalue weighted by Gasteiger charge is 2.31. The number of halogens is 1. The Morgan fingerprint density at radius 2 is 2.00 bits per heavy atom. The lowest BCUT2D eigenvalue weighted by molar-refractivity contribution is -0.152. The highest BCUT2D eigenvalue weighted by molar-refractivity contribution is 9.10. The molecule has 1 aromatic carbocycles. The fourth-order valence-corrected chi connectivity index (χ4v) is 2.51. The molecule has 1 aliphatic heterocycles. The number of benzene rings is 1. The number of amides is 1. The van der Waals surface area contributed by atoms with Crippen LogP contribution in [-0.2, 0) is 9.59 Å². The third kappa shape index (κ3) is 3.72. The van der Waals surface area contributed by atoms with Crippen molar-refractivity contribution in [3.05, 3.63) is 28.7 Å². The summed E-state index contributed by atoms with van der Waals surface area (Å²) in [5.74, 6) is -0.632. The number of nitrogens with zero attached hydrogens (tertiary/aromatic N) is 1. The molecular weight excluding hydrogens is 326 g/mol. The number of hydrogen-bond acceptors (Lipinski definition) is 3. The van der Waals surface area contributed by atoms with Crippen LogP contribution < -0.4 is 4.74 Å². The molecule has 5 nitrogen and oxygen atoms in total. The maximum Gasteiger partial charge on any atom is 0.326 e. The largest absolute Gasteiger partial charge is 0.484 e. The first-order valence-corrected chi connectivity index (χ1v) is 7.28. The third-order valence-electron chi connectivity index (χ3n) is 3.28. The van der Waals surface area contributed by atoms with Crippen LogP contribution in [0.2, 0.25) is 0 Å². The van der Waals surface area contributed by atoms with E-state index in [0.29, 0.717) is 18.7 Å². The quantitative estimate of drug-likeness (QED) is 0.912. The van der Waals surface area contributed by atoms with Crippen molar-refractivity contribution in [2.75, 3.05) is 13.2 Å². The molecule has 2 rings (SSSR count). The number of hydrogen-bond donors (Lipinski definition) is 1. The van der Waals surface area contributed by atoms with Crippen LogP contribution in [0.4, 0.5) is 0 Å². The summed E-state index contributed by atoms with van der Waals surface area (Å²) < 4.78 is 6.33. The van der Waals surface area contributed by atoms with Gasteiger partial charge in [-0.25, -0.2) is 4.79 Å². The molecule has 108 valence electrons. The molecule has 1 atom stereocenters. The van der Waals surface area contributed by atoms with E-state index in [1.807, 2.05) is 12.1 Å². The normalized spacial score (nSPS) is 18.6. The smallest absolute Gasteiger partial charge is 0.326 e. The summed E-state index contributed by atoms with van der Waals surface area (Å²) in [4.78, 5) is 24.6. The Morgan fingerprint density at radius 3 is 2.65 bits per heavy atom. The highest BCUT2D eigenvalue weighted by Crippen LogP contribution is 2.19. The summed E-state index contributed by atoms with van der Waals surface area (Å²) in [6, 6.07) is 6.43. The minimum atomic E-state index is -0.943. The van der Waals surface area contributed by atoms with Crippen LogP contribution >= 0.6 is 15.9 Å². The Morgan fingerprint density at radius 1 is 1.30 bits per heavy atom. The summed E-state index contributed by atoms with van der Waals surface area (Å²) >= 11 is 3.32. The van der Waals surface area contributed by atoms with Crippen molar-refractivity contribution in [1.29, 1.82) is 0 Å². The van der Waals surface area contributed by atoms with Gasteiger partial charge >= 0.3 is 5.97 Å². The number of aliphatic carboxylic acids is 1. The molecule has 0 aliphatic carbocycles. The van der Waals surface area contributed by atoms with E-state index < -0.39 is 12.0 Å². The van der Waals surface area contributed by atoms with E-state index in [0.717, 1.165) is 17.3 Å². The van der Waals surface area contributed by atoms with E-state index >= 15 is 0 Å². The maximum atomic E-state index is 12.1. The molecule has 1 fully saturated rings. The predicted molar refractivity (Wildman–Crippen MR) is 76.6 cm³/mol. The van der Waals surface area contributed by atoms with Crippen molar-refractivity contribution >= 4 is 27.8 Å². The highest BCUT2D eigenvalue weighted by atomic mass is 79.9. The monoisotopic (exact) mass is 341 g/mol. The lowest BCUT2D eigenvalue weighted by Crippen LogP contribution is -2.49. The van der Waals surface area contributed by atoms with E-state index in [2.05, 4.69) is 15.9 Å². The van der Waals surface area contributed by atoms with Gasteiger partial charge in [0.2, 0.25) is 0 Å². The number of piperidine rings is 1. The Labute approximate surface area is 125 Å². The lowest BCUT2D eigenvalue weighted by atomic mass is 10.0. The van der Waals surface area contributed by atoms with Gasteiger partial charge in [-0.15, -0.1) is 0 Å². The number of rotatable bonds is 4. The van der Waals surface area contributed by atoms with E-state index in [1.165, 1.54) is 4.90 Å². The van der Waals surface area contributed by atoms with Gasteiger partial charge < -0.3 is 14.7 Å². The SMILES string of the molecule is O=C(O)[C@@H]1CCCCN1C(=O)COc1ccc(Br)cc1. The first-order chi connectivity index (χ1) is 9.58. The summed E-state index contributed by atoms with van der Waals surface area (Å²) in [6.45, 7) is 0.352. The van der Waals surface area contributed by atoms with E-state index in [1.54, 1.807) is 12.1 Å². The Bertz CT molecular complexity index is 488. The molecule has 0 saturated carbocycles. The molecule has 1 saturated heterocycles. The molecule has 20 heavy (non-hydrogen) atoms. The molecule has 1 N–H and O–H groups in total. The van der Waals surface area contributed by atoms with Gasteiger partial charge in [0, 0.05) is 11.0 Å². The number of carbonyl (C=O) groups excluding carboxylic acids is 1. The molecule has 0 unspecified atom stereocenters. The Kier molecular flexibility index (Phi) is 5.00. The van der Waals surface area contributed by atoms with Crippen LogP contribution in [0.3, 0.4) is 0 Å². The summed E-state index contributed by atoms with van der Waals surface area (Å²) in [5.41, 5.74) is 0. The second-order valence-electron chi connectivity index (χ2n) is 4.68. The van der Waals surface area contributed by atoms with Gasteiger partial charge in [0.25, 0.3) is 5.91 Å². The standard InChI is InChI=1S/C14H16BrNO4/c15-10-4-6-11(7-5-10)20-9-13(17)16-8-2-1-3-12(16)14(18)19/h4-7,12H,1-3,8-9H2,(H,18,19)/t12-/m0/s1. The van der Waals surface area contributed by atoms with Gasteiger partial charge in [-0.3, -0.25) is 4.79 Å². The average Bonchev–Trinajstić information content (AvgIpc) is 2.46. The van der Waals surface area contributed by atoms with Crippen LogP contribution in [0.1, 0.15) is 19.3 Å². The minimum absolute atomic E-state index is 0.134. The molecule has 0 aromatic heterocycles. The lowest BCUT2D eigenvalue weighted by Gasteiger charge is -2.32. The minimum Gasteiger partial charge on any atom is -0.484 e. The van der Waals surface area contributed by atoms with Crippen LogP contribution in [-0.4, -0.2) is 41.1 Å². The molecule has 0 spiro atoms. The van der Waals surface area contributed by atoms with Crippen LogP contribution in [0.25, 0.3) is 0 Å². The second-order valence-corrected chi connectivity index (χ2v) is 5.60. The molecule has 1 aromatic rings. The molecule has 0 bridgehead atoms. The van der Waals surface area contributed by atoms with Crippen LogP contribution in [0.5, 0.6) is 5.75 Å². The molecule has 6 heteroatoms. The maximum absolute atomic E-state index is 12.1. The zero-order valence-corrected chi connectivity index (χ0v) is 12.5. The predicted octanol–water partition coefficient (Wildman–Crippen LogP) is 2.29. The fraction of sp³-hybridized carbons (Fsp3) is 0.429. The summed E-state index contributed by atoms with van der Waals surface area (Å²) in [5, 5.41) is 9.13. The molecule has 0 radical (unpaired) electrons. The number of ether oxygens (including phenoxy) is 1. The van der Waals surface area contributed by atoms with Gasteiger partial charge in [0.05, 0.1) is 0 Å². The second kappa shape index (κ2) is 6.74. The summed E-state index contributed by atoms with van der Waals surface area (Å²) in [6.07, 6.45) is 2.20. The number of carboxylic acid groups (broad SMARTS) is 1. The average molecular weight is 342 g/mol. The third-order valence-corrected chi connectivity index (χ3v) is 3.81. The topological polar surface area (TPSA) is 66.8 Å². The molecular formula is C14H16BrNO4. The van der Waals surface area contributed by atoms with E-state index in [-0.39, 0.29) is 12.5 Å². The van der Waals surface area contributed by atoms with Crippen molar-refractivity contribution in [1.82, 2.24) is 4.90 Å². The van der Waals surface area contributed by atoms with Crippen molar-refractivity contribution in [3.63, 3.8) is 0 Å². The van der Waals surface area contributed by atoms with Crippen molar-refractivity contribution in [2.24, 2.45) is 0 Å². The van der Waals surface area contributed by atoms with Crippen molar-refractivity contribution in [2.45, 2.75) is 25.3 Å². The van der Waals surface area contributed by atoms with Gasteiger partial charge in [0.15, 0.2) is 6.61 Å². The van der Waals surface area contributed by atoms with Gasteiger partial charge in [-0.1, -0.05) is 15.9 Å². The zero-order chi connectivity index (χ0) is 14.5. The number of carbonyl (C=O) groups is 2. The molecule has 1 amide bonds. The van der Waals surface area contributed by atoms with Crippen LogP contribution in [0.15, 0.2) is 28.7 Å². The Hall–Kier alpha value is -1.56. The van der Waals surface area contributed by atoms with Crippen LogP contribution in [0, 0.1) is 0 Å². The van der Waals surface area contributed by atoms with Gasteiger partial charge in [0.1, 0.15) is 11.8 Å². The zero-order valence-electron chi connectivity index (χ0n) is 10.9. The van der Waals surface area contributed by atoms with Crippen molar-refractivity contribution in [3.8, 4) is 5.75 Å². The first kappa shape index (κ1) is 14.8. The van der Waals surface area contributed by atoms with Gasteiger partial charge in [-0.05, 0) is 43.5 Å².